The highest BCUT2D eigenvalue weighted by Crippen LogP contribution is 2.33. The Morgan fingerprint density at radius 1 is 1.25 bits per heavy atom. The number of sulfonamides is 1. The summed E-state index contributed by atoms with van der Waals surface area (Å²) in [4.78, 5) is 20.7. The molecular formula is C21H28N4O5S2. The molecule has 2 aliphatic rings. The highest BCUT2D eigenvalue weighted by atomic mass is 32.2. The first-order valence-electron chi connectivity index (χ1n) is 10.6. The van der Waals surface area contributed by atoms with Crippen molar-refractivity contribution in [3.63, 3.8) is 0 Å². The van der Waals surface area contributed by atoms with Gasteiger partial charge in [0, 0.05) is 44.2 Å². The smallest absolute Gasteiger partial charge is 0.246 e. The Morgan fingerprint density at radius 2 is 2.03 bits per heavy atom. The molecule has 2 fully saturated rings. The normalized spacial score (nSPS) is 18.0. The summed E-state index contributed by atoms with van der Waals surface area (Å²) in [6, 6.07) is 4.85. The van der Waals surface area contributed by atoms with E-state index in [1.165, 1.54) is 35.9 Å². The Bertz CT molecular complexity index is 1070. The molecule has 0 bridgehead atoms. The third-order valence-electron chi connectivity index (χ3n) is 5.67. The zero-order valence-electron chi connectivity index (χ0n) is 18.3. The molecule has 0 unspecified atom stereocenters. The first kappa shape index (κ1) is 23.1. The standard InChI is InChI=1S/C21H28N4O5S2/c1-23(13-16-15-31-20(22-16)14-24-8-10-30-11-9-24)32(27,28)19-12-17(5-6-18(19)29-2)25-7-3-4-21(25)26/h5-6,12,15H,3-4,7-11,13-14H2,1-2H3. The molecule has 3 heterocycles. The van der Waals surface area contributed by atoms with E-state index >= 15 is 0 Å². The number of methoxy groups -OCH3 is 1. The van der Waals surface area contributed by atoms with Gasteiger partial charge in [0.15, 0.2) is 0 Å². The van der Waals surface area contributed by atoms with Crippen LogP contribution < -0.4 is 9.64 Å². The number of ether oxygens (including phenoxy) is 2. The summed E-state index contributed by atoms with van der Waals surface area (Å²) < 4.78 is 38.7. The molecule has 174 valence electrons. The summed E-state index contributed by atoms with van der Waals surface area (Å²) in [6.07, 6.45) is 1.24. The van der Waals surface area contributed by atoms with Gasteiger partial charge in [0.2, 0.25) is 15.9 Å². The molecule has 0 radical (unpaired) electrons. The first-order valence-corrected chi connectivity index (χ1v) is 12.9. The summed E-state index contributed by atoms with van der Waals surface area (Å²) in [6.45, 7) is 4.68. The average Bonchev–Trinajstić information content (AvgIpc) is 3.42. The van der Waals surface area contributed by atoms with Crippen LogP contribution in [0.5, 0.6) is 5.75 Å². The van der Waals surface area contributed by atoms with Gasteiger partial charge in [0.05, 0.1) is 39.1 Å². The fourth-order valence-electron chi connectivity index (χ4n) is 3.88. The van der Waals surface area contributed by atoms with Crippen LogP contribution in [0.1, 0.15) is 23.5 Å². The second kappa shape index (κ2) is 9.84. The Morgan fingerprint density at radius 3 is 2.72 bits per heavy atom. The van der Waals surface area contributed by atoms with Gasteiger partial charge in [-0.1, -0.05) is 0 Å². The minimum Gasteiger partial charge on any atom is -0.495 e. The Kier molecular flexibility index (Phi) is 7.11. The summed E-state index contributed by atoms with van der Waals surface area (Å²) in [5, 5.41) is 2.86. The molecule has 2 aromatic rings. The van der Waals surface area contributed by atoms with Gasteiger partial charge in [-0.15, -0.1) is 11.3 Å². The lowest BCUT2D eigenvalue weighted by molar-refractivity contribution is -0.117. The topological polar surface area (TPSA) is 92.3 Å². The van der Waals surface area contributed by atoms with Crippen molar-refractivity contribution < 1.29 is 22.7 Å². The number of anilines is 1. The van der Waals surface area contributed by atoms with E-state index in [2.05, 4.69) is 9.88 Å². The predicted molar refractivity (Wildman–Crippen MR) is 121 cm³/mol. The van der Waals surface area contributed by atoms with Crippen molar-refractivity contribution >= 4 is 33.0 Å². The Labute approximate surface area is 192 Å². The van der Waals surface area contributed by atoms with Crippen LogP contribution in [0.25, 0.3) is 0 Å². The summed E-state index contributed by atoms with van der Waals surface area (Å²) in [5.41, 5.74) is 1.27. The molecule has 2 aliphatic heterocycles. The summed E-state index contributed by atoms with van der Waals surface area (Å²) in [7, 11) is -0.890. The van der Waals surface area contributed by atoms with Gasteiger partial charge in [-0.25, -0.2) is 13.4 Å². The summed E-state index contributed by atoms with van der Waals surface area (Å²) in [5.74, 6) is 0.251. The van der Waals surface area contributed by atoms with Crippen LogP contribution in [-0.4, -0.2) is 75.5 Å². The third-order valence-corrected chi connectivity index (χ3v) is 8.37. The van der Waals surface area contributed by atoms with Gasteiger partial charge < -0.3 is 14.4 Å². The lowest BCUT2D eigenvalue weighted by atomic mass is 10.3. The monoisotopic (exact) mass is 480 g/mol. The third kappa shape index (κ3) is 4.96. The fraction of sp³-hybridized carbons (Fsp3) is 0.524. The van der Waals surface area contributed by atoms with Gasteiger partial charge >= 0.3 is 0 Å². The molecule has 1 aromatic carbocycles. The second-order valence-electron chi connectivity index (χ2n) is 7.87. The van der Waals surface area contributed by atoms with Crippen molar-refractivity contribution in [2.75, 3.05) is 51.9 Å². The van der Waals surface area contributed by atoms with Gasteiger partial charge in [-0.3, -0.25) is 9.69 Å². The molecule has 32 heavy (non-hydrogen) atoms. The molecule has 4 rings (SSSR count). The van der Waals surface area contributed by atoms with Crippen LogP contribution in [0.2, 0.25) is 0 Å². The molecule has 0 saturated carbocycles. The zero-order valence-corrected chi connectivity index (χ0v) is 20.0. The average molecular weight is 481 g/mol. The number of carbonyl (C=O) groups excluding carboxylic acids is 1. The molecule has 0 N–H and O–H groups in total. The van der Waals surface area contributed by atoms with Crippen LogP contribution in [-0.2, 0) is 32.6 Å². The molecule has 0 atom stereocenters. The number of morpholine rings is 1. The van der Waals surface area contributed by atoms with Crippen molar-refractivity contribution in [1.29, 1.82) is 0 Å². The number of hydrogen-bond acceptors (Lipinski definition) is 8. The van der Waals surface area contributed by atoms with E-state index in [0.717, 1.165) is 44.3 Å². The quantitative estimate of drug-likeness (QED) is 0.570. The Hall–Kier alpha value is -2.05. The fourth-order valence-corrected chi connectivity index (χ4v) is 6.02. The number of amides is 1. The van der Waals surface area contributed by atoms with E-state index in [1.54, 1.807) is 17.0 Å². The van der Waals surface area contributed by atoms with Crippen LogP contribution >= 0.6 is 11.3 Å². The molecule has 9 nitrogen and oxygen atoms in total. The highest BCUT2D eigenvalue weighted by Gasteiger charge is 2.29. The van der Waals surface area contributed by atoms with Gasteiger partial charge in [-0.2, -0.15) is 4.31 Å². The van der Waals surface area contributed by atoms with Crippen molar-refractivity contribution in [1.82, 2.24) is 14.2 Å². The maximum Gasteiger partial charge on any atom is 0.246 e. The number of nitrogens with zero attached hydrogens (tertiary/aromatic N) is 4. The molecular weight excluding hydrogens is 452 g/mol. The van der Waals surface area contributed by atoms with E-state index in [0.29, 0.717) is 24.3 Å². The van der Waals surface area contributed by atoms with Gasteiger partial charge in [0.25, 0.3) is 0 Å². The van der Waals surface area contributed by atoms with E-state index < -0.39 is 10.0 Å². The number of benzene rings is 1. The lowest BCUT2D eigenvalue weighted by Crippen LogP contribution is -2.35. The van der Waals surface area contributed by atoms with Crippen LogP contribution in [0, 0.1) is 0 Å². The SMILES string of the molecule is COc1ccc(N2CCCC2=O)cc1S(=O)(=O)N(C)Cc1csc(CN2CCOCC2)n1. The Balaban J connectivity index is 1.51. The number of hydrogen-bond donors (Lipinski definition) is 0. The van der Waals surface area contributed by atoms with Crippen LogP contribution in [0.15, 0.2) is 28.5 Å². The van der Waals surface area contributed by atoms with Crippen molar-refractivity contribution in [3.8, 4) is 5.75 Å². The molecule has 0 spiro atoms. The van der Waals surface area contributed by atoms with Gasteiger partial charge in [0.1, 0.15) is 15.7 Å². The maximum atomic E-state index is 13.4. The molecule has 1 aromatic heterocycles. The van der Waals surface area contributed by atoms with E-state index in [-0.39, 0.29) is 23.1 Å². The summed E-state index contributed by atoms with van der Waals surface area (Å²) >= 11 is 1.53. The van der Waals surface area contributed by atoms with E-state index in [4.69, 9.17) is 9.47 Å². The first-order chi connectivity index (χ1) is 15.4. The molecule has 0 aliphatic carbocycles. The number of thiazole rings is 1. The zero-order chi connectivity index (χ0) is 22.7. The predicted octanol–water partition coefficient (Wildman–Crippen LogP) is 1.93. The minimum absolute atomic E-state index is 0.00198. The number of carbonyl (C=O) groups is 1. The number of aromatic nitrogens is 1. The molecule has 2 saturated heterocycles. The van der Waals surface area contributed by atoms with Gasteiger partial charge in [-0.05, 0) is 24.6 Å². The van der Waals surface area contributed by atoms with E-state index in [1.807, 2.05) is 5.38 Å². The second-order valence-corrected chi connectivity index (χ2v) is 10.8. The van der Waals surface area contributed by atoms with E-state index in [9.17, 15) is 13.2 Å². The largest absolute Gasteiger partial charge is 0.495 e. The highest BCUT2D eigenvalue weighted by molar-refractivity contribution is 7.89. The van der Waals surface area contributed by atoms with Crippen molar-refractivity contribution in [2.45, 2.75) is 30.8 Å². The lowest BCUT2D eigenvalue weighted by Gasteiger charge is -2.25. The maximum absolute atomic E-state index is 13.4. The molecule has 11 heteroatoms. The van der Waals surface area contributed by atoms with Crippen molar-refractivity contribution in [2.24, 2.45) is 0 Å². The van der Waals surface area contributed by atoms with Crippen LogP contribution in [0.3, 0.4) is 0 Å². The van der Waals surface area contributed by atoms with Crippen molar-refractivity contribution in [3.05, 3.63) is 34.3 Å². The van der Waals surface area contributed by atoms with Crippen LogP contribution in [0.4, 0.5) is 5.69 Å². The minimum atomic E-state index is -3.86. The molecule has 1 amide bonds. The number of rotatable bonds is 8.